The van der Waals surface area contributed by atoms with Crippen molar-refractivity contribution in [1.82, 2.24) is 14.7 Å². The van der Waals surface area contributed by atoms with E-state index in [0.29, 0.717) is 13.0 Å². The van der Waals surface area contributed by atoms with Gasteiger partial charge in [-0.25, -0.2) is 0 Å². The number of hydrogen-bond donors (Lipinski definition) is 0. The lowest BCUT2D eigenvalue weighted by molar-refractivity contribution is -0.133. The first-order chi connectivity index (χ1) is 13.8. The quantitative estimate of drug-likeness (QED) is 0.777. The lowest BCUT2D eigenvalue weighted by atomic mass is 9.86. The van der Waals surface area contributed by atoms with Crippen molar-refractivity contribution in [2.24, 2.45) is 0 Å². The normalized spacial score (nSPS) is 21.3. The average Bonchev–Trinajstić information content (AvgIpc) is 3.08. The molecule has 2 aliphatic heterocycles. The van der Waals surface area contributed by atoms with Crippen molar-refractivity contribution in [3.63, 3.8) is 0 Å². The average molecular weight is 400 g/mol. The maximum Gasteiger partial charge on any atom is 0.237 e. The van der Waals surface area contributed by atoms with Gasteiger partial charge in [0.05, 0.1) is 12.6 Å². The first kappa shape index (κ1) is 21.8. The van der Waals surface area contributed by atoms with E-state index < -0.39 is 0 Å². The molecule has 29 heavy (non-hydrogen) atoms. The molecular weight excluding hydrogens is 362 g/mol. The van der Waals surface area contributed by atoms with Gasteiger partial charge in [0.25, 0.3) is 0 Å². The zero-order valence-corrected chi connectivity index (χ0v) is 18.6. The standard InChI is InChI=1S/C24H37N3O2/c1-5-22(28)26-14-7-13-25(16-17-26)18-23(29)27-15-6-8-21(27)19-9-11-20(12-10-19)24(2,3)4/h9-12,21H,5-8,13-18H2,1-4H3. The van der Waals surface area contributed by atoms with Gasteiger partial charge in [0, 0.05) is 39.1 Å². The highest BCUT2D eigenvalue weighted by atomic mass is 16.2. The highest BCUT2D eigenvalue weighted by Crippen LogP contribution is 2.33. The van der Waals surface area contributed by atoms with Crippen LogP contribution in [0.2, 0.25) is 0 Å². The van der Waals surface area contributed by atoms with Crippen LogP contribution in [0, 0.1) is 0 Å². The van der Waals surface area contributed by atoms with E-state index in [1.165, 1.54) is 11.1 Å². The van der Waals surface area contributed by atoms with Crippen molar-refractivity contribution < 1.29 is 9.59 Å². The smallest absolute Gasteiger partial charge is 0.237 e. The maximum absolute atomic E-state index is 13.1. The minimum Gasteiger partial charge on any atom is -0.341 e. The first-order valence-electron chi connectivity index (χ1n) is 11.2. The number of amides is 2. The molecule has 2 fully saturated rings. The van der Waals surface area contributed by atoms with Crippen LogP contribution in [0.4, 0.5) is 0 Å². The Labute approximate surface area is 176 Å². The summed E-state index contributed by atoms with van der Waals surface area (Å²) < 4.78 is 0. The molecule has 0 bridgehead atoms. The Kier molecular flexibility index (Phi) is 6.99. The van der Waals surface area contributed by atoms with E-state index in [1.807, 2.05) is 11.8 Å². The fraction of sp³-hybridized carbons (Fsp3) is 0.667. The first-order valence-corrected chi connectivity index (χ1v) is 11.2. The molecular formula is C24H37N3O2. The highest BCUT2D eigenvalue weighted by molar-refractivity contribution is 5.79. The van der Waals surface area contributed by atoms with E-state index in [4.69, 9.17) is 0 Å². The topological polar surface area (TPSA) is 43.9 Å². The van der Waals surface area contributed by atoms with Gasteiger partial charge < -0.3 is 9.80 Å². The molecule has 0 N–H and O–H groups in total. The fourth-order valence-corrected chi connectivity index (χ4v) is 4.50. The summed E-state index contributed by atoms with van der Waals surface area (Å²) in [7, 11) is 0. The molecule has 1 aromatic carbocycles. The molecule has 5 heteroatoms. The zero-order valence-electron chi connectivity index (χ0n) is 18.6. The molecule has 0 aliphatic carbocycles. The molecule has 3 rings (SSSR count). The third-order valence-electron chi connectivity index (χ3n) is 6.34. The Morgan fingerprint density at radius 3 is 2.31 bits per heavy atom. The molecule has 1 aromatic rings. The van der Waals surface area contributed by atoms with E-state index in [2.05, 4.69) is 54.8 Å². The minimum atomic E-state index is 0.142. The lowest BCUT2D eigenvalue weighted by Gasteiger charge is -2.29. The van der Waals surface area contributed by atoms with Gasteiger partial charge in [-0.1, -0.05) is 52.0 Å². The monoisotopic (exact) mass is 399 g/mol. The molecule has 2 aliphatic rings. The van der Waals surface area contributed by atoms with Crippen LogP contribution in [0.3, 0.4) is 0 Å². The van der Waals surface area contributed by atoms with Crippen molar-refractivity contribution in [2.45, 2.75) is 64.8 Å². The van der Waals surface area contributed by atoms with Crippen LogP contribution >= 0.6 is 0 Å². The second-order valence-corrected chi connectivity index (χ2v) is 9.48. The molecule has 1 atom stereocenters. The van der Waals surface area contributed by atoms with Crippen LogP contribution in [0.15, 0.2) is 24.3 Å². The van der Waals surface area contributed by atoms with Gasteiger partial charge in [-0.15, -0.1) is 0 Å². The number of rotatable bonds is 4. The SMILES string of the molecule is CCC(=O)N1CCCN(CC(=O)N2CCCC2c2ccc(C(C)(C)C)cc2)CC1. The van der Waals surface area contributed by atoms with E-state index in [-0.39, 0.29) is 23.3 Å². The van der Waals surface area contributed by atoms with E-state index in [1.54, 1.807) is 0 Å². The Balaban J connectivity index is 1.61. The summed E-state index contributed by atoms with van der Waals surface area (Å²) in [5.41, 5.74) is 2.72. The minimum absolute atomic E-state index is 0.142. The van der Waals surface area contributed by atoms with Crippen molar-refractivity contribution in [3.05, 3.63) is 35.4 Å². The Bertz CT molecular complexity index is 708. The zero-order chi connectivity index (χ0) is 21.0. The van der Waals surface area contributed by atoms with Gasteiger partial charge in [-0.3, -0.25) is 14.5 Å². The van der Waals surface area contributed by atoms with Gasteiger partial charge in [0.2, 0.25) is 11.8 Å². The van der Waals surface area contributed by atoms with Crippen molar-refractivity contribution in [1.29, 1.82) is 0 Å². The Morgan fingerprint density at radius 2 is 1.66 bits per heavy atom. The van der Waals surface area contributed by atoms with Crippen molar-refractivity contribution in [3.8, 4) is 0 Å². The predicted molar refractivity (Wildman–Crippen MR) is 117 cm³/mol. The van der Waals surface area contributed by atoms with Crippen molar-refractivity contribution in [2.75, 3.05) is 39.3 Å². The number of hydrogen-bond acceptors (Lipinski definition) is 3. The molecule has 0 spiro atoms. The number of carbonyl (C=O) groups is 2. The summed E-state index contributed by atoms with van der Waals surface area (Å²) in [6.45, 7) is 13.1. The third-order valence-corrected chi connectivity index (χ3v) is 6.34. The van der Waals surface area contributed by atoms with Crippen LogP contribution < -0.4 is 0 Å². The molecule has 2 saturated heterocycles. The number of benzene rings is 1. The summed E-state index contributed by atoms with van der Waals surface area (Å²) in [5, 5.41) is 0. The van der Waals surface area contributed by atoms with E-state index in [0.717, 1.165) is 52.0 Å². The number of likely N-dealkylation sites (tertiary alicyclic amines) is 1. The van der Waals surface area contributed by atoms with Crippen LogP contribution in [0.25, 0.3) is 0 Å². The molecule has 0 radical (unpaired) electrons. The fourth-order valence-electron chi connectivity index (χ4n) is 4.50. The lowest BCUT2D eigenvalue weighted by Crippen LogP contribution is -2.41. The molecule has 5 nitrogen and oxygen atoms in total. The van der Waals surface area contributed by atoms with Crippen molar-refractivity contribution >= 4 is 11.8 Å². The number of carbonyl (C=O) groups excluding carboxylic acids is 2. The van der Waals surface area contributed by atoms with Gasteiger partial charge >= 0.3 is 0 Å². The van der Waals surface area contributed by atoms with Crippen LogP contribution in [0.1, 0.15) is 70.5 Å². The molecule has 160 valence electrons. The number of nitrogens with zero attached hydrogens (tertiary/aromatic N) is 3. The van der Waals surface area contributed by atoms with Crippen LogP contribution in [-0.2, 0) is 15.0 Å². The summed E-state index contributed by atoms with van der Waals surface area (Å²) in [5.74, 6) is 0.444. The van der Waals surface area contributed by atoms with Gasteiger partial charge in [-0.2, -0.15) is 0 Å². The van der Waals surface area contributed by atoms with E-state index in [9.17, 15) is 9.59 Å². The highest BCUT2D eigenvalue weighted by Gasteiger charge is 2.31. The Morgan fingerprint density at radius 1 is 0.931 bits per heavy atom. The van der Waals surface area contributed by atoms with E-state index >= 15 is 0 Å². The molecule has 1 unspecified atom stereocenters. The van der Waals surface area contributed by atoms with Gasteiger partial charge in [-0.05, 0) is 35.8 Å². The summed E-state index contributed by atoms with van der Waals surface area (Å²) in [6.07, 6.45) is 3.61. The molecule has 2 amide bonds. The summed E-state index contributed by atoms with van der Waals surface area (Å²) in [4.78, 5) is 31.3. The van der Waals surface area contributed by atoms with Crippen LogP contribution in [-0.4, -0.2) is 65.8 Å². The largest absolute Gasteiger partial charge is 0.341 e. The van der Waals surface area contributed by atoms with Crippen LogP contribution in [0.5, 0.6) is 0 Å². The maximum atomic E-state index is 13.1. The molecule has 0 aromatic heterocycles. The Hall–Kier alpha value is -1.88. The third kappa shape index (κ3) is 5.39. The van der Waals surface area contributed by atoms with Gasteiger partial charge in [0.15, 0.2) is 0 Å². The molecule has 2 heterocycles. The predicted octanol–water partition coefficient (Wildman–Crippen LogP) is 3.59. The second-order valence-electron chi connectivity index (χ2n) is 9.48. The second kappa shape index (κ2) is 9.29. The summed E-state index contributed by atoms with van der Waals surface area (Å²) >= 11 is 0. The summed E-state index contributed by atoms with van der Waals surface area (Å²) in [6, 6.07) is 9.03. The molecule has 0 saturated carbocycles. The van der Waals surface area contributed by atoms with Gasteiger partial charge in [0.1, 0.15) is 0 Å².